The van der Waals surface area contributed by atoms with Crippen LogP contribution in [0, 0.1) is 10.1 Å². The van der Waals surface area contributed by atoms with E-state index in [1.807, 2.05) is 12.1 Å². The van der Waals surface area contributed by atoms with E-state index in [4.69, 9.17) is 11.6 Å². The summed E-state index contributed by atoms with van der Waals surface area (Å²) in [6.07, 6.45) is 1.62. The number of nitrogens with zero attached hydrogens (tertiary/aromatic N) is 6. The summed E-state index contributed by atoms with van der Waals surface area (Å²) in [7, 11) is 0. The largest absolute Gasteiger partial charge is 0.353 e. The van der Waals surface area contributed by atoms with Gasteiger partial charge in [-0.05, 0) is 24.3 Å². The van der Waals surface area contributed by atoms with Crippen LogP contribution < -0.4 is 4.90 Å². The Morgan fingerprint density at radius 1 is 1.07 bits per heavy atom. The Bertz CT molecular complexity index is 1060. The number of carbonyl (C=O) groups is 1. The molecule has 0 bridgehead atoms. The molecule has 0 atom stereocenters. The lowest BCUT2D eigenvalue weighted by molar-refractivity contribution is -0.384. The van der Waals surface area contributed by atoms with Crippen LogP contribution in [0.3, 0.4) is 0 Å². The van der Waals surface area contributed by atoms with Crippen LogP contribution in [0.2, 0.25) is 5.15 Å². The average Bonchev–Trinajstić information content (AvgIpc) is 3.24. The van der Waals surface area contributed by atoms with Crippen molar-refractivity contribution in [3.63, 3.8) is 0 Å². The first-order chi connectivity index (χ1) is 14.0. The fourth-order valence-corrected chi connectivity index (χ4v) is 3.36. The molecule has 0 unspecified atom stereocenters. The van der Waals surface area contributed by atoms with Crippen LogP contribution in [0.1, 0.15) is 10.5 Å². The highest BCUT2D eigenvalue weighted by molar-refractivity contribution is 6.29. The Labute approximate surface area is 171 Å². The summed E-state index contributed by atoms with van der Waals surface area (Å²) in [6, 6.07) is 13.2. The number of nitro groups is 1. The zero-order valence-electron chi connectivity index (χ0n) is 15.3. The molecule has 1 aliphatic heterocycles. The summed E-state index contributed by atoms with van der Waals surface area (Å²) in [5.74, 6) is 0.618. The molecule has 9 nitrogen and oxygen atoms in total. The van der Waals surface area contributed by atoms with E-state index in [2.05, 4.69) is 15.0 Å². The van der Waals surface area contributed by atoms with E-state index in [-0.39, 0.29) is 11.6 Å². The quantitative estimate of drug-likeness (QED) is 0.371. The van der Waals surface area contributed by atoms with Crippen molar-refractivity contribution in [3.8, 4) is 5.69 Å². The highest BCUT2D eigenvalue weighted by Gasteiger charge is 2.24. The van der Waals surface area contributed by atoms with E-state index in [0.29, 0.717) is 42.7 Å². The van der Waals surface area contributed by atoms with Crippen molar-refractivity contribution in [1.29, 1.82) is 0 Å². The number of hydrogen-bond acceptors (Lipinski definition) is 6. The van der Waals surface area contributed by atoms with Crippen molar-refractivity contribution in [2.45, 2.75) is 0 Å². The van der Waals surface area contributed by atoms with Gasteiger partial charge in [-0.15, -0.1) is 0 Å². The molecule has 1 amide bonds. The minimum absolute atomic E-state index is 0.0309. The van der Waals surface area contributed by atoms with Gasteiger partial charge in [0.05, 0.1) is 10.6 Å². The number of anilines is 1. The molecular weight excluding hydrogens is 396 g/mol. The number of piperazine rings is 1. The number of nitro benzene ring substituents is 1. The standard InChI is InChI=1S/C19H17ClN6O3/c20-17-5-2-6-18(21-17)23-9-11-24(12-10-23)19(27)16-7-8-25(22-16)14-3-1-4-15(13-14)26(28)29/h1-8,13H,9-12H2. The number of carbonyl (C=O) groups excluding carboxylic acids is 1. The van der Waals surface area contributed by atoms with Crippen molar-refractivity contribution >= 4 is 29.0 Å². The molecule has 3 aromatic rings. The summed E-state index contributed by atoms with van der Waals surface area (Å²) in [4.78, 5) is 31.4. The Balaban J connectivity index is 1.43. The second kappa shape index (κ2) is 7.88. The number of aromatic nitrogens is 3. The smallest absolute Gasteiger partial charge is 0.274 e. The van der Waals surface area contributed by atoms with Crippen molar-refractivity contribution < 1.29 is 9.72 Å². The van der Waals surface area contributed by atoms with E-state index in [9.17, 15) is 14.9 Å². The highest BCUT2D eigenvalue weighted by Crippen LogP contribution is 2.19. The van der Waals surface area contributed by atoms with Crippen LogP contribution >= 0.6 is 11.6 Å². The van der Waals surface area contributed by atoms with E-state index in [1.54, 1.807) is 35.4 Å². The third-order valence-electron chi connectivity index (χ3n) is 4.70. The summed E-state index contributed by atoms with van der Waals surface area (Å²) in [6.45, 7) is 2.36. The van der Waals surface area contributed by atoms with Crippen LogP contribution in [0.25, 0.3) is 5.69 Å². The Kier molecular flexibility index (Phi) is 5.13. The second-order valence-electron chi connectivity index (χ2n) is 6.52. The molecule has 10 heteroatoms. The first-order valence-corrected chi connectivity index (χ1v) is 9.36. The van der Waals surface area contributed by atoms with Gasteiger partial charge in [-0.3, -0.25) is 14.9 Å². The molecule has 0 saturated carbocycles. The normalized spacial score (nSPS) is 14.1. The van der Waals surface area contributed by atoms with Crippen molar-refractivity contribution in [1.82, 2.24) is 19.7 Å². The average molecular weight is 413 g/mol. The predicted octanol–water partition coefficient (Wildman–Crippen LogP) is 2.79. The minimum Gasteiger partial charge on any atom is -0.353 e. The molecule has 1 fully saturated rings. The fraction of sp³-hybridized carbons (Fsp3) is 0.211. The molecule has 0 radical (unpaired) electrons. The molecule has 1 saturated heterocycles. The fourth-order valence-electron chi connectivity index (χ4n) is 3.21. The van der Waals surface area contributed by atoms with Gasteiger partial charge in [0.2, 0.25) is 0 Å². The molecule has 0 N–H and O–H groups in total. The summed E-state index contributed by atoms with van der Waals surface area (Å²) < 4.78 is 1.46. The number of halogens is 1. The number of benzene rings is 1. The first-order valence-electron chi connectivity index (χ1n) is 8.98. The molecule has 4 rings (SSSR count). The van der Waals surface area contributed by atoms with Gasteiger partial charge in [0, 0.05) is 44.5 Å². The molecule has 0 aliphatic carbocycles. The Morgan fingerprint density at radius 2 is 1.83 bits per heavy atom. The van der Waals surface area contributed by atoms with Crippen LogP contribution in [0.4, 0.5) is 11.5 Å². The number of rotatable bonds is 4. The van der Waals surface area contributed by atoms with Gasteiger partial charge in [0.15, 0.2) is 5.69 Å². The molecule has 2 aromatic heterocycles. The lowest BCUT2D eigenvalue weighted by Crippen LogP contribution is -2.49. The molecule has 1 aromatic carbocycles. The van der Waals surface area contributed by atoms with Crippen LogP contribution in [-0.2, 0) is 0 Å². The van der Waals surface area contributed by atoms with Gasteiger partial charge < -0.3 is 9.80 Å². The predicted molar refractivity (Wildman–Crippen MR) is 108 cm³/mol. The maximum Gasteiger partial charge on any atom is 0.274 e. The molecule has 29 heavy (non-hydrogen) atoms. The zero-order valence-corrected chi connectivity index (χ0v) is 16.1. The number of pyridine rings is 1. The summed E-state index contributed by atoms with van der Waals surface area (Å²) >= 11 is 5.95. The van der Waals surface area contributed by atoms with Crippen molar-refractivity contribution in [2.24, 2.45) is 0 Å². The van der Waals surface area contributed by atoms with E-state index in [0.717, 1.165) is 5.82 Å². The third kappa shape index (κ3) is 4.04. The van der Waals surface area contributed by atoms with Gasteiger partial charge in [-0.2, -0.15) is 5.10 Å². The Morgan fingerprint density at radius 3 is 2.55 bits per heavy atom. The van der Waals surface area contributed by atoms with Crippen molar-refractivity contribution in [2.75, 3.05) is 31.1 Å². The number of hydrogen-bond donors (Lipinski definition) is 0. The second-order valence-corrected chi connectivity index (χ2v) is 6.91. The molecule has 3 heterocycles. The van der Waals surface area contributed by atoms with Gasteiger partial charge in [0.1, 0.15) is 11.0 Å². The minimum atomic E-state index is -0.465. The SMILES string of the molecule is O=C(c1ccn(-c2cccc([N+](=O)[O-])c2)n1)N1CCN(c2cccc(Cl)n2)CC1. The molecule has 148 valence electrons. The maximum absolute atomic E-state index is 12.8. The first kappa shape index (κ1) is 18.9. The van der Waals surface area contributed by atoms with Crippen LogP contribution in [0.5, 0.6) is 0 Å². The molecular formula is C19H17ClN6O3. The van der Waals surface area contributed by atoms with E-state index >= 15 is 0 Å². The summed E-state index contributed by atoms with van der Waals surface area (Å²) in [5, 5.41) is 15.7. The monoisotopic (exact) mass is 412 g/mol. The van der Waals surface area contributed by atoms with Crippen LogP contribution in [0.15, 0.2) is 54.7 Å². The van der Waals surface area contributed by atoms with E-state index in [1.165, 1.54) is 16.8 Å². The topological polar surface area (TPSA) is 97.4 Å². The van der Waals surface area contributed by atoms with Crippen LogP contribution in [-0.4, -0.2) is 56.7 Å². The molecule has 0 spiro atoms. The number of non-ortho nitro benzene ring substituents is 1. The van der Waals surface area contributed by atoms with Gasteiger partial charge in [-0.25, -0.2) is 9.67 Å². The Hall–Kier alpha value is -3.46. The molecule has 1 aliphatic rings. The van der Waals surface area contributed by atoms with Gasteiger partial charge in [-0.1, -0.05) is 23.7 Å². The van der Waals surface area contributed by atoms with Gasteiger partial charge in [0.25, 0.3) is 11.6 Å². The summed E-state index contributed by atoms with van der Waals surface area (Å²) in [5.41, 5.74) is 0.789. The maximum atomic E-state index is 12.8. The lowest BCUT2D eigenvalue weighted by Gasteiger charge is -2.35. The lowest BCUT2D eigenvalue weighted by atomic mass is 10.2. The zero-order chi connectivity index (χ0) is 20.4. The van der Waals surface area contributed by atoms with Gasteiger partial charge >= 0.3 is 0 Å². The van der Waals surface area contributed by atoms with Crippen molar-refractivity contribution in [3.05, 3.63) is 75.7 Å². The number of amides is 1. The van der Waals surface area contributed by atoms with E-state index < -0.39 is 4.92 Å². The third-order valence-corrected chi connectivity index (χ3v) is 4.92. The highest BCUT2D eigenvalue weighted by atomic mass is 35.5.